The topological polar surface area (TPSA) is 102 Å². The van der Waals surface area contributed by atoms with Crippen molar-refractivity contribution in [3.63, 3.8) is 0 Å². The second-order valence-corrected chi connectivity index (χ2v) is 9.15. The Labute approximate surface area is 221 Å². The fourth-order valence-electron chi connectivity index (χ4n) is 4.43. The predicted molar refractivity (Wildman–Crippen MR) is 143 cm³/mol. The highest BCUT2D eigenvalue weighted by Crippen LogP contribution is 2.43. The van der Waals surface area contributed by atoms with Gasteiger partial charge in [-0.25, -0.2) is 4.79 Å². The van der Waals surface area contributed by atoms with Crippen molar-refractivity contribution in [1.82, 2.24) is 0 Å². The van der Waals surface area contributed by atoms with E-state index in [1.807, 2.05) is 25.1 Å². The van der Waals surface area contributed by atoms with Gasteiger partial charge in [0.25, 0.3) is 11.7 Å². The molecule has 1 aliphatic heterocycles. The third-order valence-corrected chi connectivity index (χ3v) is 6.19. The summed E-state index contributed by atoms with van der Waals surface area (Å²) in [6.45, 7) is 5.41. The zero-order valence-electron chi connectivity index (χ0n) is 21.8. The summed E-state index contributed by atoms with van der Waals surface area (Å²) < 4.78 is 15.9. The van der Waals surface area contributed by atoms with E-state index < -0.39 is 23.7 Å². The maximum Gasteiger partial charge on any atom is 0.338 e. The number of rotatable bonds is 7. The molecule has 196 valence electrons. The standard InChI is InChI=1S/C30H29NO7/c1-17(2)38-30(35)19-9-11-21(12-10-19)31-26(20-8-6-7-18(3)15-20)25(28(33)29(31)34)27(32)23-14-13-22(36-4)16-24(23)37-5/h6-17,26,32H,1-5H3/b27-25-. The van der Waals surface area contributed by atoms with Crippen LogP contribution in [0.5, 0.6) is 11.5 Å². The highest BCUT2D eigenvalue weighted by Gasteiger charge is 2.47. The number of aryl methyl sites for hydroxylation is 1. The molecule has 3 aromatic rings. The lowest BCUT2D eigenvalue weighted by Crippen LogP contribution is -2.29. The molecule has 1 fully saturated rings. The number of amides is 1. The van der Waals surface area contributed by atoms with Crippen LogP contribution in [0.2, 0.25) is 0 Å². The number of nitrogens with zero attached hydrogens (tertiary/aromatic N) is 1. The van der Waals surface area contributed by atoms with Gasteiger partial charge in [-0.15, -0.1) is 0 Å². The Balaban J connectivity index is 1.88. The van der Waals surface area contributed by atoms with E-state index in [9.17, 15) is 19.5 Å². The molecule has 3 aromatic carbocycles. The zero-order valence-corrected chi connectivity index (χ0v) is 21.8. The molecule has 1 amide bonds. The molecule has 1 unspecified atom stereocenters. The molecule has 1 saturated heterocycles. The van der Waals surface area contributed by atoms with Gasteiger partial charge in [-0.1, -0.05) is 29.8 Å². The smallest absolute Gasteiger partial charge is 0.338 e. The molecule has 0 aliphatic carbocycles. The highest BCUT2D eigenvalue weighted by molar-refractivity contribution is 6.51. The summed E-state index contributed by atoms with van der Waals surface area (Å²) in [6, 6.07) is 17.5. The molecule has 8 nitrogen and oxygen atoms in total. The number of methoxy groups -OCH3 is 2. The minimum absolute atomic E-state index is 0.0765. The summed E-state index contributed by atoms with van der Waals surface area (Å²) in [6.07, 6.45) is -0.281. The number of ketones is 1. The normalized spacial score (nSPS) is 16.6. The number of anilines is 1. The number of ether oxygens (including phenoxy) is 3. The number of carbonyl (C=O) groups is 3. The first kappa shape index (κ1) is 26.5. The number of aliphatic hydroxyl groups is 1. The molecule has 8 heteroatoms. The van der Waals surface area contributed by atoms with Crippen LogP contribution in [-0.4, -0.2) is 43.1 Å². The van der Waals surface area contributed by atoms with Gasteiger partial charge in [0.2, 0.25) is 0 Å². The van der Waals surface area contributed by atoms with Crippen molar-refractivity contribution in [3.8, 4) is 11.5 Å². The van der Waals surface area contributed by atoms with Gasteiger partial charge in [-0.3, -0.25) is 14.5 Å². The minimum Gasteiger partial charge on any atom is -0.507 e. The average molecular weight is 516 g/mol. The molecule has 38 heavy (non-hydrogen) atoms. The van der Waals surface area contributed by atoms with Crippen molar-refractivity contribution < 1.29 is 33.7 Å². The number of benzene rings is 3. The molecule has 1 aliphatic rings. The van der Waals surface area contributed by atoms with E-state index in [1.54, 1.807) is 62.4 Å². The van der Waals surface area contributed by atoms with Crippen LogP contribution in [0.1, 0.15) is 46.9 Å². The van der Waals surface area contributed by atoms with Gasteiger partial charge in [-0.2, -0.15) is 0 Å². The summed E-state index contributed by atoms with van der Waals surface area (Å²) in [7, 11) is 2.94. The Morgan fingerprint density at radius 2 is 1.66 bits per heavy atom. The van der Waals surface area contributed by atoms with Crippen LogP contribution < -0.4 is 14.4 Å². The van der Waals surface area contributed by atoms with E-state index in [2.05, 4.69) is 0 Å². The number of hydrogen-bond acceptors (Lipinski definition) is 7. The van der Waals surface area contributed by atoms with Crippen molar-refractivity contribution in [2.75, 3.05) is 19.1 Å². The van der Waals surface area contributed by atoms with Crippen LogP contribution in [-0.2, 0) is 14.3 Å². The molecule has 0 bridgehead atoms. The predicted octanol–water partition coefficient (Wildman–Crippen LogP) is 5.20. The summed E-state index contributed by atoms with van der Waals surface area (Å²) in [4.78, 5) is 40.5. The van der Waals surface area contributed by atoms with Crippen LogP contribution in [0.3, 0.4) is 0 Å². The summed E-state index contributed by atoms with van der Waals surface area (Å²) in [5.74, 6) is -1.71. The Morgan fingerprint density at radius 1 is 0.947 bits per heavy atom. The molecular formula is C30H29NO7. The summed E-state index contributed by atoms with van der Waals surface area (Å²) in [5.41, 5.74) is 2.43. The van der Waals surface area contributed by atoms with Crippen molar-refractivity contribution in [2.24, 2.45) is 0 Å². The van der Waals surface area contributed by atoms with E-state index in [0.717, 1.165) is 5.56 Å². The monoisotopic (exact) mass is 515 g/mol. The Kier molecular flexibility index (Phi) is 7.52. The maximum absolute atomic E-state index is 13.4. The molecule has 0 spiro atoms. The van der Waals surface area contributed by atoms with E-state index in [0.29, 0.717) is 22.6 Å². The fraction of sp³-hybridized carbons (Fsp3) is 0.233. The first-order chi connectivity index (χ1) is 18.2. The van der Waals surface area contributed by atoms with Gasteiger partial charge < -0.3 is 19.3 Å². The molecule has 0 radical (unpaired) electrons. The van der Waals surface area contributed by atoms with Crippen LogP contribution >= 0.6 is 0 Å². The van der Waals surface area contributed by atoms with Crippen LogP contribution in [0.25, 0.3) is 5.76 Å². The lowest BCUT2D eigenvalue weighted by Gasteiger charge is -2.26. The molecule has 0 aromatic heterocycles. The Bertz CT molecular complexity index is 1420. The van der Waals surface area contributed by atoms with Crippen molar-refractivity contribution >= 4 is 29.1 Å². The fourth-order valence-corrected chi connectivity index (χ4v) is 4.43. The van der Waals surface area contributed by atoms with Crippen molar-refractivity contribution in [3.05, 3.63) is 94.6 Å². The minimum atomic E-state index is -0.921. The lowest BCUT2D eigenvalue weighted by molar-refractivity contribution is -0.132. The summed E-state index contributed by atoms with van der Waals surface area (Å²) >= 11 is 0. The molecule has 0 saturated carbocycles. The quantitative estimate of drug-likeness (QED) is 0.200. The van der Waals surface area contributed by atoms with Crippen molar-refractivity contribution in [2.45, 2.75) is 32.9 Å². The van der Waals surface area contributed by atoms with E-state index >= 15 is 0 Å². The van der Waals surface area contributed by atoms with E-state index in [-0.39, 0.29) is 28.7 Å². The number of aliphatic hydroxyl groups excluding tert-OH is 1. The SMILES string of the molecule is COc1ccc(/C(O)=C2/C(=O)C(=O)N(c3ccc(C(=O)OC(C)C)cc3)C2c2cccc(C)c2)c(OC)c1. The molecule has 1 heterocycles. The Morgan fingerprint density at radius 3 is 2.26 bits per heavy atom. The summed E-state index contributed by atoms with van der Waals surface area (Å²) in [5, 5.41) is 11.4. The largest absolute Gasteiger partial charge is 0.507 e. The number of carbonyl (C=O) groups excluding carboxylic acids is 3. The zero-order chi connectivity index (χ0) is 27.6. The molecule has 1 N–H and O–H groups in total. The van der Waals surface area contributed by atoms with Gasteiger partial charge in [0.1, 0.15) is 17.3 Å². The van der Waals surface area contributed by atoms with Gasteiger partial charge in [0.15, 0.2) is 0 Å². The molecular weight excluding hydrogens is 486 g/mol. The van der Waals surface area contributed by atoms with Gasteiger partial charge >= 0.3 is 5.97 Å². The first-order valence-electron chi connectivity index (χ1n) is 12.1. The number of esters is 1. The van der Waals surface area contributed by atoms with Gasteiger partial charge in [0.05, 0.1) is 43.1 Å². The third-order valence-electron chi connectivity index (χ3n) is 6.19. The highest BCUT2D eigenvalue weighted by atomic mass is 16.5. The van der Waals surface area contributed by atoms with Crippen LogP contribution in [0.15, 0.2) is 72.3 Å². The van der Waals surface area contributed by atoms with Crippen molar-refractivity contribution in [1.29, 1.82) is 0 Å². The second-order valence-electron chi connectivity index (χ2n) is 9.15. The molecule has 4 rings (SSSR count). The average Bonchev–Trinajstić information content (AvgIpc) is 3.17. The van der Waals surface area contributed by atoms with Crippen LogP contribution in [0.4, 0.5) is 5.69 Å². The second kappa shape index (κ2) is 10.8. The maximum atomic E-state index is 13.4. The van der Waals surface area contributed by atoms with E-state index in [1.165, 1.54) is 19.1 Å². The lowest BCUT2D eigenvalue weighted by atomic mass is 9.94. The first-order valence-corrected chi connectivity index (χ1v) is 12.1. The Hall–Kier alpha value is -4.59. The van der Waals surface area contributed by atoms with Gasteiger partial charge in [-0.05, 0) is 62.7 Å². The number of hydrogen-bond donors (Lipinski definition) is 1. The van der Waals surface area contributed by atoms with E-state index in [4.69, 9.17) is 14.2 Å². The van der Waals surface area contributed by atoms with Gasteiger partial charge in [0, 0.05) is 11.8 Å². The molecule has 1 atom stereocenters. The third kappa shape index (κ3) is 4.98. The van der Waals surface area contributed by atoms with Crippen LogP contribution in [0, 0.1) is 6.92 Å². The number of Topliss-reactive ketones (excluding diaryl/α,β-unsaturated/α-hetero) is 1.